The lowest BCUT2D eigenvalue weighted by molar-refractivity contribution is -0.140. The zero-order valence-corrected chi connectivity index (χ0v) is 20.0. The number of anilines is 1. The lowest BCUT2D eigenvalue weighted by Gasteiger charge is -2.13. The van der Waals surface area contributed by atoms with E-state index in [1.165, 1.54) is 10.9 Å². The van der Waals surface area contributed by atoms with Gasteiger partial charge in [0.05, 0.1) is 29.2 Å². The van der Waals surface area contributed by atoms with Gasteiger partial charge in [-0.1, -0.05) is 54.6 Å². The first-order valence-electron chi connectivity index (χ1n) is 11.7. The normalized spacial score (nSPS) is 14.3. The van der Waals surface area contributed by atoms with E-state index in [9.17, 15) is 20.0 Å². The smallest absolute Gasteiger partial charge is 0.413 e. The van der Waals surface area contributed by atoms with E-state index in [4.69, 9.17) is 4.74 Å². The maximum Gasteiger partial charge on any atom is 0.413 e. The molecule has 2 heterocycles. The number of amides is 1. The van der Waals surface area contributed by atoms with E-state index in [1.54, 1.807) is 19.2 Å². The Morgan fingerprint density at radius 2 is 1.84 bits per heavy atom. The quantitative estimate of drug-likeness (QED) is 0.360. The molecule has 0 bridgehead atoms. The van der Waals surface area contributed by atoms with Crippen molar-refractivity contribution >= 4 is 17.9 Å². The number of hydrogen-bond donors (Lipinski definition) is 2. The summed E-state index contributed by atoms with van der Waals surface area (Å²) >= 11 is 0. The number of carboxylic acid groups (broad SMARTS) is 1. The van der Waals surface area contributed by atoms with Crippen molar-refractivity contribution in [3.05, 3.63) is 95.8 Å². The van der Waals surface area contributed by atoms with Gasteiger partial charge < -0.3 is 9.84 Å². The molecule has 1 fully saturated rings. The Morgan fingerprint density at radius 3 is 2.43 bits per heavy atom. The van der Waals surface area contributed by atoms with Crippen LogP contribution in [-0.2, 0) is 14.9 Å². The second-order valence-corrected chi connectivity index (χ2v) is 8.90. The van der Waals surface area contributed by atoms with Crippen molar-refractivity contribution in [3.8, 4) is 23.0 Å². The molecule has 184 valence electrons. The second-order valence-electron chi connectivity index (χ2n) is 8.90. The van der Waals surface area contributed by atoms with E-state index in [0.717, 1.165) is 16.7 Å². The highest BCUT2D eigenvalue weighted by molar-refractivity contribution is 5.85. The summed E-state index contributed by atoms with van der Waals surface area (Å²) in [7, 11) is 0. The first-order chi connectivity index (χ1) is 17.9. The number of benzene rings is 2. The molecule has 37 heavy (non-hydrogen) atoms. The lowest BCUT2D eigenvalue weighted by atomic mass is 9.95. The number of nitriles is 1. The molecule has 9 nitrogen and oxygen atoms in total. The largest absolute Gasteiger partial charge is 0.481 e. The highest BCUT2D eigenvalue weighted by atomic mass is 16.6. The SMILES string of the molecule is CC(OC(=O)Nc1nn(-c2ccc(-c3ccc(C4(C(=O)O)CC4)cc3)nc2)cc1C#N)c1ccccc1. The first-order valence-corrected chi connectivity index (χ1v) is 11.7. The molecule has 1 saturated carbocycles. The lowest BCUT2D eigenvalue weighted by Crippen LogP contribution is -2.19. The summed E-state index contributed by atoms with van der Waals surface area (Å²) in [4.78, 5) is 28.4. The van der Waals surface area contributed by atoms with Crippen LogP contribution in [0.2, 0.25) is 0 Å². The molecule has 1 atom stereocenters. The van der Waals surface area contributed by atoms with Crippen LogP contribution in [0.15, 0.2) is 79.1 Å². The maximum atomic E-state index is 12.4. The van der Waals surface area contributed by atoms with E-state index in [2.05, 4.69) is 15.4 Å². The number of nitrogens with zero attached hydrogens (tertiary/aromatic N) is 4. The van der Waals surface area contributed by atoms with Crippen molar-refractivity contribution in [2.45, 2.75) is 31.3 Å². The van der Waals surface area contributed by atoms with Gasteiger partial charge in [-0.25, -0.2) is 9.48 Å². The molecule has 5 rings (SSSR count). The van der Waals surface area contributed by atoms with Gasteiger partial charge in [-0.05, 0) is 43.0 Å². The van der Waals surface area contributed by atoms with Crippen molar-refractivity contribution in [2.75, 3.05) is 5.32 Å². The average molecular weight is 494 g/mol. The highest BCUT2D eigenvalue weighted by Crippen LogP contribution is 2.48. The molecule has 2 N–H and O–H groups in total. The van der Waals surface area contributed by atoms with E-state index in [0.29, 0.717) is 24.2 Å². The second kappa shape index (κ2) is 9.59. The Labute approximate surface area is 213 Å². The standard InChI is InChI=1S/C28H23N5O4/c1-18(19-5-3-2-4-6-19)37-27(36)31-25-21(15-29)17-33(32-25)23-11-12-24(30-16-23)20-7-9-22(10-8-20)28(13-14-28)26(34)35/h2-12,16-18H,13-14H2,1H3,(H,34,35)(H,31,32,36). The van der Waals surface area contributed by atoms with Crippen LogP contribution in [0, 0.1) is 11.3 Å². The van der Waals surface area contributed by atoms with Gasteiger partial charge in [0.15, 0.2) is 5.82 Å². The molecule has 1 aliphatic carbocycles. The minimum Gasteiger partial charge on any atom is -0.481 e. The predicted molar refractivity (Wildman–Crippen MR) is 135 cm³/mol. The van der Waals surface area contributed by atoms with Crippen LogP contribution in [0.25, 0.3) is 16.9 Å². The van der Waals surface area contributed by atoms with Crippen molar-refractivity contribution in [1.82, 2.24) is 14.8 Å². The summed E-state index contributed by atoms with van der Waals surface area (Å²) < 4.78 is 6.87. The summed E-state index contributed by atoms with van der Waals surface area (Å²) in [6, 6.07) is 22.4. The van der Waals surface area contributed by atoms with Crippen LogP contribution in [-0.4, -0.2) is 31.9 Å². The first kappa shape index (κ1) is 23.8. The van der Waals surface area contributed by atoms with Gasteiger partial charge >= 0.3 is 12.1 Å². The van der Waals surface area contributed by atoms with Crippen LogP contribution >= 0.6 is 0 Å². The number of pyridine rings is 1. The third-order valence-electron chi connectivity index (χ3n) is 6.51. The van der Waals surface area contributed by atoms with Gasteiger partial charge in [0, 0.05) is 5.56 Å². The highest BCUT2D eigenvalue weighted by Gasteiger charge is 2.51. The summed E-state index contributed by atoms with van der Waals surface area (Å²) in [6.07, 6.45) is 3.23. The number of hydrogen-bond acceptors (Lipinski definition) is 6. The van der Waals surface area contributed by atoms with Gasteiger partial charge in [-0.2, -0.15) is 5.26 Å². The minimum absolute atomic E-state index is 0.0832. The third kappa shape index (κ3) is 4.77. The number of carboxylic acids is 1. The van der Waals surface area contributed by atoms with Crippen molar-refractivity contribution in [2.24, 2.45) is 0 Å². The van der Waals surface area contributed by atoms with Gasteiger partial charge in [-0.15, -0.1) is 5.10 Å². The number of rotatable bonds is 7. The molecule has 2 aromatic carbocycles. The Bertz CT molecular complexity index is 1480. The molecule has 1 aliphatic rings. The number of aliphatic carboxylic acids is 1. The van der Waals surface area contributed by atoms with Crippen LogP contribution < -0.4 is 5.32 Å². The van der Waals surface area contributed by atoms with Crippen molar-refractivity contribution in [1.29, 1.82) is 5.26 Å². The van der Waals surface area contributed by atoms with E-state index >= 15 is 0 Å². The van der Waals surface area contributed by atoms with Gasteiger partial charge in [-0.3, -0.25) is 15.1 Å². The predicted octanol–water partition coefficient (Wildman–Crippen LogP) is 5.23. The molecule has 1 amide bonds. The van der Waals surface area contributed by atoms with Crippen molar-refractivity contribution in [3.63, 3.8) is 0 Å². The Morgan fingerprint density at radius 1 is 1.11 bits per heavy atom. The molecular weight excluding hydrogens is 470 g/mol. The average Bonchev–Trinajstić information content (AvgIpc) is 3.65. The molecule has 2 aromatic heterocycles. The molecule has 0 spiro atoms. The number of nitrogens with one attached hydrogen (secondary N) is 1. The van der Waals surface area contributed by atoms with E-state index < -0.39 is 23.6 Å². The molecule has 0 saturated heterocycles. The molecule has 0 radical (unpaired) electrons. The summed E-state index contributed by atoms with van der Waals surface area (Å²) in [5.41, 5.74) is 3.24. The fourth-order valence-electron chi connectivity index (χ4n) is 4.16. The topological polar surface area (TPSA) is 130 Å². The van der Waals surface area contributed by atoms with E-state index in [1.807, 2.05) is 66.7 Å². The van der Waals surface area contributed by atoms with Crippen LogP contribution in [0.3, 0.4) is 0 Å². The van der Waals surface area contributed by atoms with Crippen LogP contribution in [0.5, 0.6) is 0 Å². The number of carbonyl (C=O) groups excluding carboxylic acids is 1. The maximum absolute atomic E-state index is 12.4. The fraction of sp³-hybridized carbons (Fsp3) is 0.179. The monoisotopic (exact) mass is 493 g/mol. The molecule has 0 aliphatic heterocycles. The van der Waals surface area contributed by atoms with Gasteiger partial charge in [0.25, 0.3) is 0 Å². The molecule has 1 unspecified atom stereocenters. The minimum atomic E-state index is -0.786. The Hall–Kier alpha value is -4.97. The molecule has 4 aromatic rings. The third-order valence-corrected chi connectivity index (χ3v) is 6.51. The van der Waals surface area contributed by atoms with Crippen molar-refractivity contribution < 1.29 is 19.4 Å². The van der Waals surface area contributed by atoms with Crippen LogP contribution in [0.1, 0.15) is 42.6 Å². The zero-order valence-electron chi connectivity index (χ0n) is 20.0. The van der Waals surface area contributed by atoms with Crippen LogP contribution in [0.4, 0.5) is 10.6 Å². The Kier molecular flexibility index (Phi) is 6.15. The van der Waals surface area contributed by atoms with E-state index in [-0.39, 0.29) is 11.4 Å². The zero-order chi connectivity index (χ0) is 26.0. The van der Waals surface area contributed by atoms with Gasteiger partial charge in [0.1, 0.15) is 17.7 Å². The molecular formula is C28H23N5O4. The molecule has 9 heteroatoms. The summed E-state index contributed by atoms with van der Waals surface area (Å²) in [5.74, 6) is -0.702. The fourth-order valence-corrected chi connectivity index (χ4v) is 4.16. The number of ether oxygens (including phenoxy) is 1. The Balaban J connectivity index is 1.28. The number of carbonyl (C=O) groups is 2. The summed E-state index contributed by atoms with van der Waals surface area (Å²) in [5, 5.41) is 25.9. The van der Waals surface area contributed by atoms with Gasteiger partial charge in [0.2, 0.25) is 0 Å². The summed E-state index contributed by atoms with van der Waals surface area (Å²) in [6.45, 7) is 1.76. The number of aromatic nitrogens is 3.